The van der Waals surface area contributed by atoms with Gasteiger partial charge in [0.25, 0.3) is 5.78 Å². The van der Waals surface area contributed by atoms with Crippen LogP contribution in [0.2, 0.25) is 0 Å². The third-order valence-corrected chi connectivity index (χ3v) is 3.68. The smallest absolute Gasteiger partial charge is 0.379 e. The first-order valence-electron chi connectivity index (χ1n) is 8.96. The number of benzene rings is 2. The summed E-state index contributed by atoms with van der Waals surface area (Å²) < 4.78 is 60.2. The van der Waals surface area contributed by atoms with Gasteiger partial charge in [0.05, 0.1) is 13.2 Å². The second-order valence-electron chi connectivity index (χ2n) is 6.16. The summed E-state index contributed by atoms with van der Waals surface area (Å²) in [7, 11) is 0. The molecule has 2 aromatic rings. The van der Waals surface area contributed by atoms with Crippen molar-refractivity contribution in [1.82, 2.24) is 0 Å². The van der Waals surface area contributed by atoms with Crippen LogP contribution in [0.25, 0.3) is 0 Å². The zero-order chi connectivity index (χ0) is 23.8. The molecule has 0 unspecified atom stereocenters. The Morgan fingerprint density at radius 1 is 0.812 bits per heavy atom. The van der Waals surface area contributed by atoms with E-state index in [0.29, 0.717) is 12.1 Å². The highest BCUT2D eigenvalue weighted by atomic mass is 19.1. The van der Waals surface area contributed by atoms with Crippen molar-refractivity contribution in [2.75, 3.05) is 13.2 Å². The number of hydrogen-bond donors (Lipinski definition) is 1. The van der Waals surface area contributed by atoms with Gasteiger partial charge in [-0.15, -0.1) is 0 Å². The van der Waals surface area contributed by atoms with Gasteiger partial charge >= 0.3 is 11.9 Å². The predicted octanol–water partition coefficient (Wildman–Crippen LogP) is 4.08. The Labute approximate surface area is 182 Å². The van der Waals surface area contributed by atoms with Crippen LogP contribution in [0.4, 0.5) is 17.6 Å². The molecule has 0 aliphatic carbocycles. The molecule has 0 heterocycles. The Balaban J connectivity index is 0.000000584. The van der Waals surface area contributed by atoms with Crippen LogP contribution in [0.1, 0.15) is 44.1 Å². The van der Waals surface area contributed by atoms with E-state index in [1.54, 1.807) is 6.92 Å². The monoisotopic (exact) mass is 460 g/mol. The molecule has 0 bridgehead atoms. The number of esters is 2. The van der Waals surface area contributed by atoms with Crippen molar-refractivity contribution in [3.8, 4) is 0 Å². The number of ether oxygens (including phenoxy) is 2. The van der Waals surface area contributed by atoms with Gasteiger partial charge < -0.3 is 14.6 Å². The van der Waals surface area contributed by atoms with Gasteiger partial charge in [-0.05, 0) is 45.0 Å². The van der Waals surface area contributed by atoms with Crippen molar-refractivity contribution in [3.63, 3.8) is 0 Å². The maximum Gasteiger partial charge on any atom is 0.379 e. The van der Waals surface area contributed by atoms with Gasteiger partial charge in [0, 0.05) is 23.3 Å². The third-order valence-electron chi connectivity index (χ3n) is 3.68. The van der Waals surface area contributed by atoms with Gasteiger partial charge in [-0.1, -0.05) is 7.43 Å². The van der Waals surface area contributed by atoms with Crippen molar-refractivity contribution in [3.05, 3.63) is 70.8 Å². The summed E-state index contributed by atoms with van der Waals surface area (Å²) in [4.78, 5) is 33.6. The molecule has 0 aromatic heterocycles. The number of rotatable bonds is 6. The number of hydrogen-bond acceptors (Lipinski definition) is 6. The maximum atomic E-state index is 12.9. The van der Waals surface area contributed by atoms with Gasteiger partial charge in [-0.25, -0.2) is 27.2 Å². The SMILES string of the molecule is C.CCOC(=O)C(=O)c1cc(F)cc(F)c1.CCOC(=O)[C@@](C)(O)c1cc(F)cc(F)c1. The fourth-order valence-electron chi connectivity index (χ4n) is 2.22. The number of carbonyl (C=O) groups is 3. The molecule has 0 aliphatic heterocycles. The molecule has 1 atom stereocenters. The van der Waals surface area contributed by atoms with E-state index in [4.69, 9.17) is 0 Å². The van der Waals surface area contributed by atoms with Crippen molar-refractivity contribution in [2.24, 2.45) is 0 Å². The average molecular weight is 460 g/mol. The lowest BCUT2D eigenvalue weighted by atomic mass is 9.96. The van der Waals surface area contributed by atoms with Gasteiger partial charge in [-0.2, -0.15) is 0 Å². The van der Waals surface area contributed by atoms with Crippen LogP contribution in [-0.2, 0) is 24.7 Å². The van der Waals surface area contributed by atoms with E-state index in [2.05, 4.69) is 9.47 Å². The molecular formula is C22H24F4O6. The molecule has 0 spiro atoms. The molecule has 0 saturated heterocycles. The topological polar surface area (TPSA) is 89.9 Å². The van der Waals surface area contributed by atoms with Crippen LogP contribution in [0.3, 0.4) is 0 Å². The summed E-state index contributed by atoms with van der Waals surface area (Å²) in [6, 6.07) is 4.61. The second kappa shape index (κ2) is 12.6. The van der Waals surface area contributed by atoms with Gasteiger partial charge in [0.1, 0.15) is 23.3 Å². The van der Waals surface area contributed by atoms with Crippen LogP contribution < -0.4 is 0 Å². The first-order valence-corrected chi connectivity index (χ1v) is 8.96. The zero-order valence-electron chi connectivity index (χ0n) is 16.9. The van der Waals surface area contributed by atoms with Crippen molar-refractivity contribution < 1.29 is 46.5 Å². The van der Waals surface area contributed by atoms with Crippen LogP contribution in [0, 0.1) is 23.3 Å². The highest BCUT2D eigenvalue weighted by molar-refractivity contribution is 6.40. The number of Topliss-reactive ketones (excluding diaryl/α,β-unsaturated/α-hetero) is 1. The Morgan fingerprint density at radius 2 is 1.22 bits per heavy atom. The predicted molar refractivity (Wildman–Crippen MR) is 107 cm³/mol. The molecule has 32 heavy (non-hydrogen) atoms. The first kappa shape index (κ1) is 28.7. The van der Waals surface area contributed by atoms with Crippen molar-refractivity contribution in [1.29, 1.82) is 0 Å². The van der Waals surface area contributed by atoms with Crippen LogP contribution >= 0.6 is 0 Å². The Kier molecular flexibility index (Phi) is 11.3. The van der Waals surface area contributed by atoms with Crippen molar-refractivity contribution in [2.45, 2.75) is 33.8 Å². The second-order valence-corrected chi connectivity index (χ2v) is 6.16. The molecule has 6 nitrogen and oxygen atoms in total. The first-order chi connectivity index (χ1) is 14.4. The highest BCUT2D eigenvalue weighted by Crippen LogP contribution is 2.24. The molecule has 0 saturated carbocycles. The lowest BCUT2D eigenvalue weighted by Gasteiger charge is -2.21. The van der Waals surface area contributed by atoms with Gasteiger partial charge in [0.15, 0.2) is 5.60 Å². The summed E-state index contributed by atoms with van der Waals surface area (Å²) >= 11 is 0. The highest BCUT2D eigenvalue weighted by Gasteiger charge is 2.34. The largest absolute Gasteiger partial charge is 0.464 e. The molecule has 2 rings (SSSR count). The standard InChI is InChI=1S/C11H12F2O3.C10H8F2O3.CH4/c1-3-16-10(14)11(2,15)7-4-8(12)6-9(13)5-7;1-2-15-10(14)9(13)6-3-7(11)5-8(12)4-6;/h4-6,15H,3H2,1-2H3;3-5H,2H2,1H3;1H4/t11-;;/m0../s1. The van der Waals surface area contributed by atoms with E-state index < -0.39 is 46.6 Å². The fourth-order valence-corrected chi connectivity index (χ4v) is 2.22. The molecule has 0 radical (unpaired) electrons. The normalized spacial score (nSPS) is 11.8. The maximum absolute atomic E-state index is 12.9. The van der Waals surface area contributed by atoms with E-state index in [1.807, 2.05) is 0 Å². The Hall–Kier alpha value is -3.27. The minimum Gasteiger partial charge on any atom is -0.464 e. The summed E-state index contributed by atoms with van der Waals surface area (Å²) in [5, 5.41) is 9.83. The third kappa shape index (κ3) is 8.10. The molecule has 1 N–H and O–H groups in total. The van der Waals surface area contributed by atoms with E-state index >= 15 is 0 Å². The minimum atomic E-state index is -2.06. The molecule has 10 heteroatoms. The number of carbonyl (C=O) groups excluding carboxylic acids is 3. The van der Waals surface area contributed by atoms with E-state index in [-0.39, 0.29) is 31.8 Å². The van der Waals surface area contributed by atoms with Crippen LogP contribution in [0.5, 0.6) is 0 Å². The summed E-state index contributed by atoms with van der Waals surface area (Å²) in [6.45, 7) is 4.33. The van der Waals surface area contributed by atoms with E-state index in [1.165, 1.54) is 6.92 Å². The Morgan fingerprint density at radius 3 is 1.62 bits per heavy atom. The zero-order valence-corrected chi connectivity index (χ0v) is 16.9. The van der Waals surface area contributed by atoms with E-state index in [0.717, 1.165) is 31.2 Å². The minimum absolute atomic E-state index is 0. The quantitative estimate of drug-likeness (QED) is 0.302. The van der Waals surface area contributed by atoms with Gasteiger partial charge in [-0.3, -0.25) is 4.79 Å². The molecule has 2 aromatic carbocycles. The molecule has 0 aliphatic rings. The number of aliphatic hydroxyl groups is 1. The van der Waals surface area contributed by atoms with Gasteiger partial charge in [0.2, 0.25) is 0 Å². The number of ketones is 1. The van der Waals surface area contributed by atoms with E-state index in [9.17, 15) is 37.1 Å². The average Bonchev–Trinajstić information content (AvgIpc) is 2.66. The summed E-state index contributed by atoms with van der Waals surface area (Å²) in [5.41, 5.74) is -2.59. The van der Waals surface area contributed by atoms with Crippen LogP contribution in [-0.4, -0.2) is 36.0 Å². The van der Waals surface area contributed by atoms with Crippen LogP contribution in [0.15, 0.2) is 36.4 Å². The lowest BCUT2D eigenvalue weighted by Crippen LogP contribution is -2.34. The molecular weight excluding hydrogens is 436 g/mol. The number of halogens is 4. The molecule has 0 amide bonds. The molecule has 176 valence electrons. The fraction of sp³-hybridized carbons (Fsp3) is 0.318. The Bertz CT molecular complexity index is 919. The molecule has 0 fully saturated rings. The lowest BCUT2D eigenvalue weighted by molar-refractivity contribution is -0.164. The summed E-state index contributed by atoms with van der Waals surface area (Å²) in [5.74, 6) is -6.68. The van der Waals surface area contributed by atoms with Crippen molar-refractivity contribution >= 4 is 17.7 Å². The summed E-state index contributed by atoms with van der Waals surface area (Å²) in [6.07, 6.45) is 0.